The van der Waals surface area contributed by atoms with E-state index in [-0.39, 0.29) is 41.5 Å². The Balaban J connectivity index is 2.87. The average Bonchev–Trinajstić information content (AvgIpc) is 2.41. The highest BCUT2D eigenvalue weighted by Crippen LogP contribution is 2.31. The molecule has 0 aromatic heterocycles. The van der Waals surface area contributed by atoms with Gasteiger partial charge in [-0.1, -0.05) is 20.8 Å². The minimum atomic E-state index is -0.282. The molecule has 0 N–H and O–H groups in total. The van der Waals surface area contributed by atoms with Gasteiger partial charge in [0.25, 0.3) is 0 Å². The van der Waals surface area contributed by atoms with E-state index in [2.05, 4.69) is 0 Å². The smallest absolute Gasteiger partial charge is 0.233 e. The van der Waals surface area contributed by atoms with Crippen LogP contribution in [0, 0.1) is 17.8 Å². The second kappa shape index (κ2) is 4.52. The quantitative estimate of drug-likeness (QED) is 0.681. The summed E-state index contributed by atoms with van der Waals surface area (Å²) in [5.41, 5.74) is 0. The standard InChI is InChI=1S/C11H18ClNO2/c1-6(5-12)10(14)13-9(4)7(2)8(3)11(13)15/h6-9H,5H2,1-4H3. The normalized spacial score (nSPS) is 33.3. The van der Waals surface area contributed by atoms with Gasteiger partial charge in [0.05, 0.1) is 0 Å². The molecule has 0 aliphatic carbocycles. The minimum Gasteiger partial charge on any atom is -0.279 e. The molecule has 1 fully saturated rings. The number of amides is 2. The van der Waals surface area contributed by atoms with E-state index in [0.29, 0.717) is 0 Å². The molecule has 1 heterocycles. The zero-order valence-corrected chi connectivity index (χ0v) is 10.4. The fourth-order valence-corrected chi connectivity index (χ4v) is 2.04. The zero-order valence-electron chi connectivity index (χ0n) is 9.66. The van der Waals surface area contributed by atoms with Crippen molar-refractivity contribution >= 4 is 23.4 Å². The van der Waals surface area contributed by atoms with Crippen molar-refractivity contribution in [1.29, 1.82) is 0 Å². The summed E-state index contributed by atoms with van der Waals surface area (Å²) >= 11 is 5.63. The number of hydrogen-bond donors (Lipinski definition) is 0. The van der Waals surface area contributed by atoms with Gasteiger partial charge in [-0.05, 0) is 12.8 Å². The van der Waals surface area contributed by atoms with Gasteiger partial charge in [0.15, 0.2) is 0 Å². The lowest BCUT2D eigenvalue weighted by Crippen LogP contribution is -2.42. The summed E-state index contributed by atoms with van der Waals surface area (Å²) in [5.74, 6) is -0.0559. The van der Waals surface area contributed by atoms with Crippen molar-refractivity contribution in [2.24, 2.45) is 17.8 Å². The molecule has 3 nitrogen and oxygen atoms in total. The molecule has 1 aliphatic rings. The van der Waals surface area contributed by atoms with Crippen LogP contribution in [0.5, 0.6) is 0 Å². The second-order valence-corrected chi connectivity index (χ2v) is 4.80. The molecule has 86 valence electrons. The molecule has 4 heteroatoms. The Hall–Kier alpha value is -0.570. The maximum atomic E-state index is 11.9. The Kier molecular flexibility index (Phi) is 3.77. The monoisotopic (exact) mass is 231 g/mol. The summed E-state index contributed by atoms with van der Waals surface area (Å²) < 4.78 is 0. The highest BCUT2D eigenvalue weighted by Gasteiger charge is 2.44. The molecule has 0 saturated carbocycles. The zero-order chi connectivity index (χ0) is 11.7. The van der Waals surface area contributed by atoms with Gasteiger partial charge in [-0.25, -0.2) is 0 Å². The van der Waals surface area contributed by atoms with Gasteiger partial charge in [0.2, 0.25) is 11.8 Å². The lowest BCUT2D eigenvalue weighted by molar-refractivity contribution is -0.146. The van der Waals surface area contributed by atoms with Crippen molar-refractivity contribution in [3.8, 4) is 0 Å². The molecule has 1 rings (SSSR count). The Bertz CT molecular complexity index is 280. The van der Waals surface area contributed by atoms with Crippen molar-refractivity contribution in [1.82, 2.24) is 4.90 Å². The molecule has 2 amide bonds. The van der Waals surface area contributed by atoms with E-state index in [1.54, 1.807) is 6.92 Å². The van der Waals surface area contributed by atoms with Crippen LogP contribution in [0.1, 0.15) is 27.7 Å². The summed E-state index contributed by atoms with van der Waals surface area (Å²) in [5, 5.41) is 0. The first kappa shape index (κ1) is 12.5. The topological polar surface area (TPSA) is 37.4 Å². The summed E-state index contributed by atoms with van der Waals surface area (Å²) in [4.78, 5) is 25.2. The van der Waals surface area contributed by atoms with Crippen LogP contribution in [0.25, 0.3) is 0 Å². The first-order chi connectivity index (χ1) is 6.91. The van der Waals surface area contributed by atoms with Crippen LogP contribution in [-0.2, 0) is 9.59 Å². The van der Waals surface area contributed by atoms with Crippen molar-refractivity contribution in [3.05, 3.63) is 0 Å². The van der Waals surface area contributed by atoms with Crippen LogP contribution in [0.15, 0.2) is 0 Å². The predicted molar refractivity (Wildman–Crippen MR) is 59.5 cm³/mol. The third-order valence-corrected chi connectivity index (χ3v) is 3.94. The van der Waals surface area contributed by atoms with Crippen LogP contribution in [0.4, 0.5) is 0 Å². The van der Waals surface area contributed by atoms with Gasteiger partial charge in [-0.15, -0.1) is 11.6 Å². The van der Waals surface area contributed by atoms with E-state index in [1.165, 1.54) is 4.90 Å². The van der Waals surface area contributed by atoms with Gasteiger partial charge in [0, 0.05) is 23.8 Å². The number of carbonyl (C=O) groups excluding carboxylic acids is 2. The molecule has 1 aliphatic heterocycles. The number of rotatable bonds is 2. The molecule has 15 heavy (non-hydrogen) atoms. The Morgan fingerprint density at radius 1 is 1.47 bits per heavy atom. The van der Waals surface area contributed by atoms with E-state index >= 15 is 0 Å². The lowest BCUT2D eigenvalue weighted by Gasteiger charge is -2.23. The summed E-state index contributed by atoms with van der Waals surface area (Å²) in [7, 11) is 0. The number of alkyl halides is 1. The number of hydrogen-bond acceptors (Lipinski definition) is 2. The third-order valence-electron chi connectivity index (χ3n) is 3.47. The van der Waals surface area contributed by atoms with Gasteiger partial charge in [-0.2, -0.15) is 0 Å². The molecule has 0 spiro atoms. The highest BCUT2D eigenvalue weighted by molar-refractivity contribution is 6.19. The van der Waals surface area contributed by atoms with Gasteiger partial charge >= 0.3 is 0 Å². The van der Waals surface area contributed by atoms with Crippen LogP contribution in [-0.4, -0.2) is 28.6 Å². The summed E-state index contributed by atoms with van der Waals surface area (Å²) in [6.07, 6.45) is 0. The van der Waals surface area contributed by atoms with Crippen LogP contribution in [0.2, 0.25) is 0 Å². The molecular formula is C11H18ClNO2. The number of imide groups is 1. The molecule has 0 aromatic carbocycles. The van der Waals surface area contributed by atoms with Crippen LogP contribution < -0.4 is 0 Å². The number of halogens is 1. The molecule has 0 bridgehead atoms. The number of carbonyl (C=O) groups is 2. The maximum absolute atomic E-state index is 11.9. The van der Waals surface area contributed by atoms with E-state index in [1.807, 2.05) is 20.8 Å². The second-order valence-electron chi connectivity index (χ2n) is 4.49. The minimum absolute atomic E-state index is 0.00864. The molecule has 1 saturated heterocycles. The van der Waals surface area contributed by atoms with E-state index in [4.69, 9.17) is 11.6 Å². The molecule has 4 atom stereocenters. The average molecular weight is 232 g/mol. The van der Waals surface area contributed by atoms with E-state index < -0.39 is 0 Å². The highest BCUT2D eigenvalue weighted by atomic mass is 35.5. The van der Waals surface area contributed by atoms with Crippen molar-refractivity contribution in [2.75, 3.05) is 5.88 Å². The Labute approximate surface area is 95.8 Å². The van der Waals surface area contributed by atoms with Gasteiger partial charge in [0.1, 0.15) is 0 Å². The van der Waals surface area contributed by atoms with E-state index in [0.717, 1.165) is 0 Å². The molecular weight excluding hydrogens is 214 g/mol. The van der Waals surface area contributed by atoms with Crippen LogP contribution in [0.3, 0.4) is 0 Å². The lowest BCUT2D eigenvalue weighted by atomic mass is 9.95. The molecule has 0 aromatic rings. The van der Waals surface area contributed by atoms with Gasteiger partial charge < -0.3 is 0 Å². The fraction of sp³-hybridized carbons (Fsp3) is 0.818. The molecule has 4 unspecified atom stereocenters. The van der Waals surface area contributed by atoms with Crippen molar-refractivity contribution in [3.63, 3.8) is 0 Å². The van der Waals surface area contributed by atoms with Gasteiger partial charge in [-0.3, -0.25) is 14.5 Å². The van der Waals surface area contributed by atoms with E-state index in [9.17, 15) is 9.59 Å². The van der Waals surface area contributed by atoms with Crippen LogP contribution >= 0.6 is 11.6 Å². The first-order valence-electron chi connectivity index (χ1n) is 5.34. The van der Waals surface area contributed by atoms with Crippen molar-refractivity contribution < 1.29 is 9.59 Å². The van der Waals surface area contributed by atoms with Crippen molar-refractivity contribution in [2.45, 2.75) is 33.7 Å². The third kappa shape index (κ3) is 2.03. The summed E-state index contributed by atoms with van der Waals surface area (Å²) in [6, 6.07) is -0.00864. The number of likely N-dealkylation sites (tertiary alicyclic amines) is 1. The summed E-state index contributed by atoms with van der Waals surface area (Å²) in [6.45, 7) is 7.56. The first-order valence-corrected chi connectivity index (χ1v) is 5.88. The Morgan fingerprint density at radius 2 is 2.00 bits per heavy atom. The SMILES string of the molecule is CC(CCl)C(=O)N1C(=O)C(C)C(C)C1C. The maximum Gasteiger partial charge on any atom is 0.233 e. The predicted octanol–water partition coefficient (Wildman–Crippen LogP) is 1.89. The fourth-order valence-electron chi connectivity index (χ4n) is 1.91. The Morgan fingerprint density at radius 3 is 2.33 bits per heavy atom. The molecule has 0 radical (unpaired) electrons. The largest absolute Gasteiger partial charge is 0.279 e. The number of nitrogens with zero attached hydrogens (tertiary/aromatic N) is 1.